The van der Waals surface area contributed by atoms with Gasteiger partial charge in [-0.05, 0) is 33.7 Å². The first-order valence-corrected chi connectivity index (χ1v) is 6.00. The van der Waals surface area contributed by atoms with Gasteiger partial charge in [-0.15, -0.1) is 0 Å². The summed E-state index contributed by atoms with van der Waals surface area (Å²) in [5, 5.41) is 0. The molecule has 1 saturated heterocycles. The van der Waals surface area contributed by atoms with Gasteiger partial charge in [0, 0.05) is 32.3 Å². The fourth-order valence-corrected chi connectivity index (χ4v) is 2.57. The lowest BCUT2D eigenvalue weighted by Crippen LogP contribution is -2.59. The molecule has 0 saturated carbocycles. The molecule has 0 radical (unpaired) electrons. The molecule has 0 spiro atoms. The van der Waals surface area contributed by atoms with Crippen LogP contribution in [0.3, 0.4) is 0 Å². The van der Waals surface area contributed by atoms with Crippen LogP contribution in [0.25, 0.3) is 0 Å². The highest BCUT2D eigenvalue weighted by molar-refractivity contribution is 4.98. The Kier molecular flexibility index (Phi) is 4.73. The van der Waals surface area contributed by atoms with E-state index in [-0.39, 0.29) is 11.1 Å². The van der Waals surface area contributed by atoms with Crippen LogP contribution in [0.15, 0.2) is 0 Å². The van der Waals surface area contributed by atoms with Crippen molar-refractivity contribution in [3.05, 3.63) is 0 Å². The number of nitrogens with two attached hydrogens (primary N) is 1. The average molecular weight is 230 g/mol. The second kappa shape index (κ2) is 5.45. The SMILES string of the molecule is COCCN(C)C1(CN)CCOC(C)(C)C1. The molecule has 0 bridgehead atoms. The molecule has 1 aliphatic rings. The molecular formula is C12H26N2O2. The lowest BCUT2D eigenvalue weighted by molar-refractivity contribution is -0.115. The molecule has 4 nitrogen and oxygen atoms in total. The number of nitrogens with zero attached hydrogens (tertiary/aromatic N) is 1. The van der Waals surface area contributed by atoms with Crippen LogP contribution in [0, 0.1) is 0 Å². The number of rotatable bonds is 5. The summed E-state index contributed by atoms with van der Waals surface area (Å²) in [6.45, 7) is 7.42. The van der Waals surface area contributed by atoms with Gasteiger partial charge in [-0.1, -0.05) is 0 Å². The van der Waals surface area contributed by atoms with Gasteiger partial charge in [-0.2, -0.15) is 0 Å². The topological polar surface area (TPSA) is 47.7 Å². The van der Waals surface area contributed by atoms with E-state index in [9.17, 15) is 0 Å². The van der Waals surface area contributed by atoms with E-state index in [4.69, 9.17) is 15.2 Å². The van der Waals surface area contributed by atoms with Crippen LogP contribution >= 0.6 is 0 Å². The zero-order valence-corrected chi connectivity index (χ0v) is 11.1. The molecule has 1 unspecified atom stereocenters. The van der Waals surface area contributed by atoms with Crippen molar-refractivity contribution in [1.82, 2.24) is 4.90 Å². The quantitative estimate of drug-likeness (QED) is 0.760. The zero-order chi connectivity index (χ0) is 12.2. The third-order valence-corrected chi connectivity index (χ3v) is 3.64. The van der Waals surface area contributed by atoms with Gasteiger partial charge in [0.15, 0.2) is 0 Å². The van der Waals surface area contributed by atoms with E-state index in [2.05, 4.69) is 25.8 Å². The molecule has 0 aromatic heterocycles. The minimum atomic E-state index is -0.0705. The smallest absolute Gasteiger partial charge is 0.0644 e. The third kappa shape index (κ3) is 3.17. The Bertz CT molecular complexity index is 221. The summed E-state index contributed by atoms with van der Waals surface area (Å²) >= 11 is 0. The molecule has 1 fully saturated rings. The van der Waals surface area contributed by atoms with Gasteiger partial charge in [0.05, 0.1) is 12.2 Å². The van der Waals surface area contributed by atoms with Gasteiger partial charge in [0.2, 0.25) is 0 Å². The third-order valence-electron chi connectivity index (χ3n) is 3.64. The molecule has 0 aromatic rings. The number of ether oxygens (including phenoxy) is 2. The standard InChI is InChI=1S/C12H26N2O2/c1-11(2)9-12(10-13,5-7-16-11)14(3)6-8-15-4/h5-10,13H2,1-4H3. The monoisotopic (exact) mass is 230 g/mol. The molecule has 0 amide bonds. The Morgan fingerprint density at radius 1 is 1.44 bits per heavy atom. The highest BCUT2D eigenvalue weighted by Crippen LogP contribution is 2.34. The second-order valence-corrected chi connectivity index (χ2v) is 5.38. The van der Waals surface area contributed by atoms with Crippen LogP contribution in [0.2, 0.25) is 0 Å². The maximum absolute atomic E-state index is 5.99. The van der Waals surface area contributed by atoms with Crippen molar-refractivity contribution in [2.75, 3.05) is 40.5 Å². The predicted molar refractivity (Wildman–Crippen MR) is 65.6 cm³/mol. The number of methoxy groups -OCH3 is 1. The maximum atomic E-state index is 5.99. The van der Waals surface area contributed by atoms with Crippen molar-refractivity contribution in [3.63, 3.8) is 0 Å². The maximum Gasteiger partial charge on any atom is 0.0644 e. The molecule has 1 atom stereocenters. The molecule has 1 rings (SSSR count). The highest BCUT2D eigenvalue weighted by Gasteiger charge is 2.42. The molecule has 4 heteroatoms. The molecular weight excluding hydrogens is 204 g/mol. The summed E-state index contributed by atoms with van der Waals surface area (Å²) in [5.41, 5.74) is 5.99. The van der Waals surface area contributed by atoms with Crippen molar-refractivity contribution in [1.29, 1.82) is 0 Å². The van der Waals surface area contributed by atoms with Crippen molar-refractivity contribution in [3.8, 4) is 0 Å². The normalized spacial score (nSPS) is 29.6. The number of hydrogen-bond donors (Lipinski definition) is 1. The summed E-state index contributed by atoms with van der Waals surface area (Å²) in [4.78, 5) is 2.33. The van der Waals surface area contributed by atoms with Crippen LogP contribution in [0.5, 0.6) is 0 Å². The Hall–Kier alpha value is -0.160. The molecule has 1 heterocycles. The predicted octanol–water partition coefficient (Wildman–Crippen LogP) is 0.851. The van der Waals surface area contributed by atoms with Gasteiger partial charge in [0.1, 0.15) is 0 Å². The lowest BCUT2D eigenvalue weighted by atomic mass is 9.80. The Balaban J connectivity index is 2.68. The summed E-state index contributed by atoms with van der Waals surface area (Å²) in [6, 6.07) is 0. The average Bonchev–Trinajstić information content (AvgIpc) is 2.24. The summed E-state index contributed by atoms with van der Waals surface area (Å²) in [6.07, 6.45) is 1.99. The van der Waals surface area contributed by atoms with Crippen molar-refractivity contribution in [2.24, 2.45) is 5.73 Å². The van der Waals surface area contributed by atoms with Crippen LogP contribution in [-0.2, 0) is 9.47 Å². The molecule has 16 heavy (non-hydrogen) atoms. The number of likely N-dealkylation sites (N-methyl/N-ethyl adjacent to an activating group) is 1. The fraction of sp³-hybridized carbons (Fsp3) is 1.00. The van der Waals surface area contributed by atoms with E-state index in [0.29, 0.717) is 6.54 Å². The van der Waals surface area contributed by atoms with Crippen LogP contribution in [0.1, 0.15) is 26.7 Å². The van der Waals surface area contributed by atoms with Crippen LogP contribution < -0.4 is 5.73 Å². The molecule has 0 aromatic carbocycles. The van der Waals surface area contributed by atoms with E-state index in [1.807, 2.05) is 0 Å². The first-order valence-electron chi connectivity index (χ1n) is 6.00. The van der Waals surface area contributed by atoms with E-state index < -0.39 is 0 Å². The Morgan fingerprint density at radius 3 is 2.62 bits per heavy atom. The van der Waals surface area contributed by atoms with Gasteiger partial charge >= 0.3 is 0 Å². The largest absolute Gasteiger partial charge is 0.383 e. The van der Waals surface area contributed by atoms with Crippen LogP contribution in [-0.4, -0.2) is 56.5 Å². The first kappa shape index (κ1) is 13.9. The van der Waals surface area contributed by atoms with Gasteiger partial charge in [-0.25, -0.2) is 0 Å². The van der Waals surface area contributed by atoms with E-state index in [1.165, 1.54) is 0 Å². The van der Waals surface area contributed by atoms with Crippen molar-refractivity contribution < 1.29 is 9.47 Å². The Morgan fingerprint density at radius 2 is 2.12 bits per heavy atom. The van der Waals surface area contributed by atoms with E-state index in [0.717, 1.165) is 32.6 Å². The summed E-state index contributed by atoms with van der Waals surface area (Å²) in [7, 11) is 3.87. The highest BCUT2D eigenvalue weighted by atomic mass is 16.5. The van der Waals surface area contributed by atoms with E-state index in [1.54, 1.807) is 7.11 Å². The van der Waals surface area contributed by atoms with Crippen LogP contribution in [0.4, 0.5) is 0 Å². The van der Waals surface area contributed by atoms with Gasteiger partial charge in [-0.3, -0.25) is 4.90 Å². The van der Waals surface area contributed by atoms with Gasteiger partial charge < -0.3 is 15.2 Å². The molecule has 0 aliphatic carbocycles. The first-order chi connectivity index (χ1) is 7.46. The minimum Gasteiger partial charge on any atom is -0.383 e. The second-order valence-electron chi connectivity index (χ2n) is 5.38. The lowest BCUT2D eigenvalue weighted by Gasteiger charge is -2.49. The fourth-order valence-electron chi connectivity index (χ4n) is 2.57. The van der Waals surface area contributed by atoms with E-state index >= 15 is 0 Å². The van der Waals surface area contributed by atoms with Gasteiger partial charge in [0.25, 0.3) is 0 Å². The molecule has 1 aliphatic heterocycles. The summed E-state index contributed by atoms with van der Waals surface area (Å²) in [5.74, 6) is 0. The molecule has 96 valence electrons. The zero-order valence-electron chi connectivity index (χ0n) is 11.1. The van der Waals surface area contributed by atoms with Crippen molar-refractivity contribution >= 4 is 0 Å². The minimum absolute atomic E-state index is 0.0697. The van der Waals surface area contributed by atoms with Crippen molar-refractivity contribution in [2.45, 2.75) is 37.8 Å². The molecule has 2 N–H and O–H groups in total. The Labute approximate surface area is 99.1 Å². The number of hydrogen-bond acceptors (Lipinski definition) is 4. The summed E-state index contributed by atoms with van der Waals surface area (Å²) < 4.78 is 10.9.